The smallest absolute Gasteiger partial charge is 0.255 e. The van der Waals surface area contributed by atoms with E-state index < -0.39 is 58.0 Å². The van der Waals surface area contributed by atoms with Gasteiger partial charge >= 0.3 is 0 Å². The third kappa shape index (κ3) is 2.61. The molecule has 1 fully saturated rings. The molecule has 0 radical (unpaired) electrons. The monoisotopic (exact) mass is 442 g/mol. The van der Waals surface area contributed by atoms with Gasteiger partial charge in [0.2, 0.25) is 5.78 Å². The lowest BCUT2D eigenvalue weighted by atomic mass is 9.57. The maximum absolute atomic E-state index is 13.6. The van der Waals surface area contributed by atoms with Gasteiger partial charge < -0.3 is 26.2 Å². The van der Waals surface area contributed by atoms with E-state index in [-0.39, 0.29) is 23.3 Å². The van der Waals surface area contributed by atoms with Crippen LogP contribution in [0.3, 0.4) is 0 Å². The zero-order chi connectivity index (χ0) is 23.9. The SMILES string of the molecule is Cc1cc(C)c2c(c1O)C(O)=C1C(=O)[C@@]3(O)C(O)=C(C(N)=O)C(=O)[C@H](N(C)C)[C@H]3C[C@H]1C2. The van der Waals surface area contributed by atoms with Crippen LogP contribution in [0.1, 0.15) is 28.7 Å². The van der Waals surface area contributed by atoms with Gasteiger partial charge in [-0.3, -0.25) is 19.3 Å². The van der Waals surface area contributed by atoms with Gasteiger partial charge in [0.25, 0.3) is 5.91 Å². The van der Waals surface area contributed by atoms with Gasteiger partial charge in [-0.05, 0) is 63.4 Å². The minimum atomic E-state index is -2.61. The molecule has 4 atom stereocenters. The van der Waals surface area contributed by atoms with Crippen LogP contribution in [0.25, 0.3) is 5.76 Å². The van der Waals surface area contributed by atoms with E-state index in [1.54, 1.807) is 27.1 Å². The first kappa shape index (κ1) is 22.0. The minimum Gasteiger partial charge on any atom is -0.508 e. The number of nitrogens with two attached hydrogens (primary N) is 1. The number of primary amides is 1. The lowest BCUT2D eigenvalue weighted by Gasteiger charge is -2.50. The number of aromatic hydroxyl groups is 1. The van der Waals surface area contributed by atoms with Crippen molar-refractivity contribution in [3.63, 3.8) is 0 Å². The number of nitrogens with zero attached hydrogens (tertiary/aromatic N) is 1. The molecule has 0 spiro atoms. The highest BCUT2D eigenvalue weighted by molar-refractivity contribution is 6.24. The number of aryl methyl sites for hydroxylation is 2. The first-order valence-corrected chi connectivity index (χ1v) is 10.3. The Morgan fingerprint density at radius 1 is 1.16 bits per heavy atom. The summed E-state index contributed by atoms with van der Waals surface area (Å²) in [7, 11) is 3.14. The molecule has 9 nitrogen and oxygen atoms in total. The maximum Gasteiger partial charge on any atom is 0.255 e. The summed E-state index contributed by atoms with van der Waals surface area (Å²) in [6.45, 7) is 3.51. The lowest BCUT2D eigenvalue weighted by Crippen LogP contribution is -2.65. The van der Waals surface area contributed by atoms with Crippen LogP contribution in [-0.4, -0.2) is 68.5 Å². The van der Waals surface area contributed by atoms with Crippen LogP contribution in [0, 0.1) is 25.7 Å². The quantitative estimate of drug-likeness (QED) is 0.416. The summed E-state index contributed by atoms with van der Waals surface area (Å²) in [6.07, 6.45) is 0.383. The Morgan fingerprint density at radius 2 is 1.78 bits per heavy atom. The van der Waals surface area contributed by atoms with Gasteiger partial charge in [-0.1, -0.05) is 6.07 Å². The number of amides is 1. The normalized spacial score (nSPS) is 29.8. The molecule has 0 unspecified atom stereocenters. The van der Waals surface area contributed by atoms with E-state index >= 15 is 0 Å². The number of ketones is 2. The third-order valence-electron chi connectivity index (χ3n) is 7.13. The molecule has 3 aliphatic rings. The van der Waals surface area contributed by atoms with Gasteiger partial charge in [0.15, 0.2) is 11.4 Å². The summed E-state index contributed by atoms with van der Waals surface area (Å²) in [4.78, 5) is 40.1. The van der Waals surface area contributed by atoms with Crippen LogP contribution in [0.5, 0.6) is 5.75 Å². The molecule has 170 valence electrons. The van der Waals surface area contributed by atoms with Crippen molar-refractivity contribution in [2.75, 3.05) is 14.1 Å². The Hall–Kier alpha value is -3.17. The molecule has 1 amide bonds. The summed E-state index contributed by atoms with van der Waals surface area (Å²) >= 11 is 0. The number of phenols is 1. The predicted octanol–water partition coefficient (Wildman–Crippen LogP) is 0.581. The first-order valence-electron chi connectivity index (χ1n) is 10.3. The zero-order valence-electron chi connectivity index (χ0n) is 18.3. The summed E-state index contributed by atoms with van der Waals surface area (Å²) in [5.41, 5.74) is 3.88. The average molecular weight is 442 g/mol. The zero-order valence-corrected chi connectivity index (χ0v) is 18.3. The van der Waals surface area contributed by atoms with Crippen molar-refractivity contribution < 1.29 is 34.8 Å². The second-order valence-electron chi connectivity index (χ2n) is 9.17. The van der Waals surface area contributed by atoms with Gasteiger partial charge in [0.05, 0.1) is 11.6 Å². The van der Waals surface area contributed by atoms with Gasteiger partial charge in [-0.2, -0.15) is 0 Å². The number of hydrogen-bond acceptors (Lipinski definition) is 8. The van der Waals surface area contributed by atoms with Crippen LogP contribution in [0.2, 0.25) is 0 Å². The fraction of sp³-hybridized carbons (Fsp3) is 0.435. The van der Waals surface area contributed by atoms with Gasteiger partial charge in [0.1, 0.15) is 22.8 Å². The molecule has 0 heterocycles. The number of aliphatic hydroxyl groups is 3. The number of hydrogen-bond donors (Lipinski definition) is 5. The van der Waals surface area contributed by atoms with Crippen LogP contribution >= 0.6 is 0 Å². The van der Waals surface area contributed by atoms with E-state index in [9.17, 15) is 34.8 Å². The summed E-state index contributed by atoms with van der Waals surface area (Å²) in [6, 6.07) is 0.702. The summed E-state index contributed by atoms with van der Waals surface area (Å²) < 4.78 is 0. The van der Waals surface area contributed by atoms with Gasteiger partial charge in [-0.15, -0.1) is 0 Å². The summed E-state index contributed by atoms with van der Waals surface area (Å²) in [5, 5.41) is 43.9. The van der Waals surface area contributed by atoms with Gasteiger partial charge in [0, 0.05) is 11.5 Å². The van der Waals surface area contributed by atoms with E-state index in [4.69, 9.17) is 5.73 Å². The van der Waals surface area contributed by atoms with E-state index in [1.807, 2.05) is 6.92 Å². The summed E-state index contributed by atoms with van der Waals surface area (Å²) in [5.74, 6) is -6.37. The number of likely N-dealkylation sites (N-methyl/N-ethyl adjacent to an activating group) is 1. The van der Waals surface area contributed by atoms with Crippen molar-refractivity contribution in [2.24, 2.45) is 17.6 Å². The van der Waals surface area contributed by atoms with Crippen LogP contribution in [0.15, 0.2) is 23.0 Å². The third-order valence-corrected chi connectivity index (χ3v) is 7.13. The second-order valence-corrected chi connectivity index (χ2v) is 9.17. The molecule has 9 heteroatoms. The highest BCUT2D eigenvalue weighted by Gasteiger charge is 2.64. The van der Waals surface area contributed by atoms with Crippen molar-refractivity contribution >= 4 is 23.2 Å². The molecule has 1 aromatic carbocycles. The van der Waals surface area contributed by atoms with Crippen molar-refractivity contribution in [2.45, 2.75) is 38.3 Å². The largest absolute Gasteiger partial charge is 0.508 e. The van der Waals surface area contributed by atoms with E-state index in [1.165, 1.54) is 4.90 Å². The lowest BCUT2D eigenvalue weighted by molar-refractivity contribution is -0.153. The van der Waals surface area contributed by atoms with Crippen molar-refractivity contribution in [3.8, 4) is 5.75 Å². The molecule has 0 aromatic heterocycles. The molecule has 4 rings (SSSR count). The Bertz CT molecular complexity index is 1160. The number of fused-ring (bicyclic) bond motifs is 3. The van der Waals surface area contributed by atoms with Crippen molar-refractivity contribution in [3.05, 3.63) is 45.2 Å². The number of aliphatic hydroxyl groups excluding tert-OH is 2. The Balaban J connectivity index is 2.00. The topological polar surface area (TPSA) is 161 Å². The number of rotatable bonds is 2. The van der Waals surface area contributed by atoms with E-state index in [2.05, 4.69) is 0 Å². The molecular weight excluding hydrogens is 416 g/mol. The maximum atomic E-state index is 13.6. The number of phenolic OH excluding ortho intramolecular Hbond substituents is 1. The molecule has 0 saturated heterocycles. The second kappa shape index (κ2) is 6.91. The number of carbonyl (C=O) groups is 3. The Kier molecular flexibility index (Phi) is 4.76. The number of carbonyl (C=O) groups excluding carboxylic acids is 3. The molecule has 3 aliphatic carbocycles. The van der Waals surface area contributed by atoms with Crippen LogP contribution < -0.4 is 5.73 Å². The average Bonchev–Trinajstić information content (AvgIpc) is 2.68. The minimum absolute atomic E-state index is 0.0832. The van der Waals surface area contributed by atoms with Crippen LogP contribution in [0.4, 0.5) is 0 Å². The first-order chi connectivity index (χ1) is 14.8. The fourth-order valence-electron chi connectivity index (χ4n) is 5.67. The van der Waals surface area contributed by atoms with E-state index in [0.717, 1.165) is 5.56 Å². The highest BCUT2D eigenvalue weighted by Crippen LogP contribution is 2.53. The molecule has 1 aromatic rings. The standard InChI is InChI=1S/C23H26N2O7/c1-8-5-9(2)17(26)14-11(8)6-10-7-12-16(25(3)4)19(28)15(22(24)31)21(30)23(12,32)20(29)13(10)18(14)27/h5,10,12,16,26-27,30,32H,6-7H2,1-4H3,(H2,24,31)/t10-,12-,16-,23-/m1/s1. The van der Waals surface area contributed by atoms with Crippen molar-refractivity contribution in [1.82, 2.24) is 4.90 Å². The Morgan fingerprint density at radius 3 is 2.34 bits per heavy atom. The molecular formula is C23H26N2O7. The molecule has 0 bridgehead atoms. The molecule has 1 saturated carbocycles. The molecule has 0 aliphatic heterocycles. The number of benzene rings is 1. The van der Waals surface area contributed by atoms with Gasteiger partial charge in [-0.25, -0.2) is 0 Å². The predicted molar refractivity (Wildman–Crippen MR) is 114 cm³/mol. The van der Waals surface area contributed by atoms with Crippen molar-refractivity contribution in [1.29, 1.82) is 0 Å². The van der Waals surface area contributed by atoms with Crippen LogP contribution in [-0.2, 0) is 20.8 Å². The molecule has 32 heavy (non-hydrogen) atoms. The highest BCUT2D eigenvalue weighted by atomic mass is 16.3. The fourth-order valence-corrected chi connectivity index (χ4v) is 5.67. The number of Topliss-reactive ketones (excluding diaryl/α,β-unsaturated/α-hetero) is 2. The van der Waals surface area contributed by atoms with E-state index in [0.29, 0.717) is 17.5 Å². The Labute approximate surface area is 184 Å². The molecule has 6 N–H and O–H groups in total.